The SMILES string of the molecule is CCCCCCOc1ccc(NC(=O)c2cnn(-c3ccccn3)c2C)cc1. The third kappa shape index (κ3) is 4.97. The van der Waals surface area contributed by atoms with Crippen LogP contribution in [0, 0.1) is 6.92 Å². The number of nitrogens with one attached hydrogen (secondary N) is 1. The molecule has 2 aromatic heterocycles. The second-order valence-electron chi connectivity index (χ2n) is 6.63. The Morgan fingerprint density at radius 1 is 1.11 bits per heavy atom. The maximum absolute atomic E-state index is 12.6. The van der Waals surface area contributed by atoms with E-state index in [-0.39, 0.29) is 5.91 Å². The Labute approximate surface area is 165 Å². The molecule has 2 heterocycles. The molecule has 3 aromatic rings. The van der Waals surface area contributed by atoms with Gasteiger partial charge in [-0.25, -0.2) is 9.67 Å². The Bertz CT molecular complexity index is 889. The van der Waals surface area contributed by atoms with Gasteiger partial charge in [0.1, 0.15) is 5.75 Å². The first kappa shape index (κ1) is 19.6. The number of aromatic nitrogens is 3. The Kier molecular flexibility index (Phi) is 6.78. The predicted octanol–water partition coefficient (Wildman–Crippen LogP) is 4.79. The van der Waals surface area contributed by atoms with Crippen LogP contribution in [-0.2, 0) is 0 Å². The zero-order valence-corrected chi connectivity index (χ0v) is 16.4. The maximum atomic E-state index is 12.6. The van der Waals surface area contributed by atoms with Gasteiger partial charge in [0, 0.05) is 11.9 Å². The normalized spacial score (nSPS) is 10.6. The topological polar surface area (TPSA) is 69.0 Å². The van der Waals surface area contributed by atoms with Crippen molar-refractivity contribution in [1.82, 2.24) is 14.8 Å². The second kappa shape index (κ2) is 9.69. The molecule has 1 amide bonds. The van der Waals surface area contributed by atoms with Gasteiger partial charge in [0.2, 0.25) is 0 Å². The number of ether oxygens (including phenoxy) is 1. The molecule has 0 aliphatic rings. The van der Waals surface area contributed by atoms with Crippen LogP contribution in [0.1, 0.15) is 48.7 Å². The fraction of sp³-hybridized carbons (Fsp3) is 0.318. The zero-order valence-electron chi connectivity index (χ0n) is 16.4. The van der Waals surface area contributed by atoms with Gasteiger partial charge in [0.15, 0.2) is 5.82 Å². The van der Waals surface area contributed by atoms with Crippen molar-refractivity contribution in [3.8, 4) is 11.6 Å². The lowest BCUT2D eigenvalue weighted by atomic mass is 10.2. The van der Waals surface area contributed by atoms with E-state index in [1.807, 2.05) is 49.4 Å². The van der Waals surface area contributed by atoms with Gasteiger partial charge < -0.3 is 10.1 Å². The van der Waals surface area contributed by atoms with Gasteiger partial charge in [-0.3, -0.25) is 4.79 Å². The molecule has 6 nitrogen and oxygen atoms in total. The lowest BCUT2D eigenvalue weighted by Gasteiger charge is -2.08. The molecule has 28 heavy (non-hydrogen) atoms. The fourth-order valence-electron chi connectivity index (χ4n) is 2.89. The molecule has 0 aliphatic carbocycles. The minimum atomic E-state index is -0.201. The zero-order chi connectivity index (χ0) is 19.8. The average Bonchev–Trinajstić information content (AvgIpc) is 3.11. The van der Waals surface area contributed by atoms with Gasteiger partial charge in [0.25, 0.3) is 5.91 Å². The minimum absolute atomic E-state index is 0.201. The predicted molar refractivity (Wildman–Crippen MR) is 110 cm³/mol. The summed E-state index contributed by atoms with van der Waals surface area (Å²) < 4.78 is 7.39. The van der Waals surface area contributed by atoms with Crippen LogP contribution in [0.2, 0.25) is 0 Å². The molecule has 6 heteroatoms. The van der Waals surface area contributed by atoms with E-state index in [0.29, 0.717) is 17.1 Å². The molecule has 0 spiro atoms. The third-order valence-electron chi connectivity index (χ3n) is 4.50. The number of benzene rings is 1. The highest BCUT2D eigenvalue weighted by molar-refractivity contribution is 6.05. The van der Waals surface area contributed by atoms with Crippen molar-refractivity contribution in [2.75, 3.05) is 11.9 Å². The van der Waals surface area contributed by atoms with Gasteiger partial charge in [-0.1, -0.05) is 32.3 Å². The molecule has 0 fully saturated rings. The molecular formula is C22H26N4O2. The van der Waals surface area contributed by atoms with Crippen LogP contribution >= 0.6 is 0 Å². The third-order valence-corrected chi connectivity index (χ3v) is 4.50. The number of nitrogens with zero attached hydrogens (tertiary/aromatic N) is 3. The Morgan fingerprint density at radius 3 is 2.64 bits per heavy atom. The first-order valence-corrected chi connectivity index (χ1v) is 9.69. The van der Waals surface area contributed by atoms with Crippen LogP contribution in [0.5, 0.6) is 5.75 Å². The number of pyridine rings is 1. The van der Waals surface area contributed by atoms with E-state index in [4.69, 9.17) is 4.74 Å². The molecule has 0 atom stereocenters. The molecule has 3 rings (SSSR count). The van der Waals surface area contributed by atoms with Crippen LogP contribution in [0.25, 0.3) is 5.82 Å². The summed E-state index contributed by atoms with van der Waals surface area (Å²) in [5, 5.41) is 7.20. The van der Waals surface area contributed by atoms with E-state index in [1.54, 1.807) is 17.1 Å². The number of anilines is 1. The van der Waals surface area contributed by atoms with Crippen LogP contribution in [0.4, 0.5) is 5.69 Å². The summed E-state index contributed by atoms with van der Waals surface area (Å²) in [7, 11) is 0. The van der Waals surface area contributed by atoms with Gasteiger partial charge in [0.05, 0.1) is 24.1 Å². The monoisotopic (exact) mass is 378 g/mol. The summed E-state index contributed by atoms with van der Waals surface area (Å²) >= 11 is 0. The van der Waals surface area contributed by atoms with Crippen LogP contribution in [0.15, 0.2) is 54.9 Å². The van der Waals surface area contributed by atoms with E-state index >= 15 is 0 Å². The van der Waals surface area contributed by atoms with Crippen LogP contribution in [0.3, 0.4) is 0 Å². The number of unbranched alkanes of at least 4 members (excludes halogenated alkanes) is 3. The second-order valence-corrected chi connectivity index (χ2v) is 6.63. The molecule has 0 radical (unpaired) electrons. The van der Waals surface area contributed by atoms with Crippen LogP contribution < -0.4 is 10.1 Å². The van der Waals surface area contributed by atoms with E-state index in [9.17, 15) is 4.79 Å². The van der Waals surface area contributed by atoms with Crippen molar-refractivity contribution in [3.63, 3.8) is 0 Å². The van der Waals surface area contributed by atoms with Crippen molar-refractivity contribution in [2.24, 2.45) is 0 Å². The Hall–Kier alpha value is -3.15. The highest BCUT2D eigenvalue weighted by atomic mass is 16.5. The highest BCUT2D eigenvalue weighted by Gasteiger charge is 2.15. The number of hydrogen-bond donors (Lipinski definition) is 1. The minimum Gasteiger partial charge on any atom is -0.494 e. The van der Waals surface area contributed by atoms with E-state index < -0.39 is 0 Å². The lowest BCUT2D eigenvalue weighted by Crippen LogP contribution is -2.13. The van der Waals surface area contributed by atoms with Gasteiger partial charge >= 0.3 is 0 Å². The fourth-order valence-corrected chi connectivity index (χ4v) is 2.89. The van der Waals surface area contributed by atoms with E-state index in [1.165, 1.54) is 19.3 Å². The van der Waals surface area contributed by atoms with Crippen molar-refractivity contribution < 1.29 is 9.53 Å². The lowest BCUT2D eigenvalue weighted by molar-refractivity contribution is 0.102. The van der Waals surface area contributed by atoms with Crippen molar-refractivity contribution in [1.29, 1.82) is 0 Å². The summed E-state index contributed by atoms with van der Waals surface area (Å²) in [5.41, 5.74) is 1.97. The average molecular weight is 378 g/mol. The maximum Gasteiger partial charge on any atom is 0.259 e. The van der Waals surface area contributed by atoms with Crippen molar-refractivity contribution >= 4 is 11.6 Å². The number of hydrogen-bond acceptors (Lipinski definition) is 4. The molecule has 146 valence electrons. The molecular weight excluding hydrogens is 352 g/mol. The van der Waals surface area contributed by atoms with Crippen molar-refractivity contribution in [3.05, 3.63) is 66.1 Å². The molecule has 0 bridgehead atoms. The van der Waals surface area contributed by atoms with Gasteiger partial charge in [-0.05, 0) is 49.7 Å². The standard InChI is InChI=1S/C22H26N4O2/c1-3-4-5-8-15-28-19-12-10-18(11-13-19)25-22(27)20-16-24-26(17(20)2)21-9-6-7-14-23-21/h6-7,9-14,16H,3-5,8,15H2,1-2H3,(H,25,27). The number of carbonyl (C=O) groups is 1. The molecule has 1 aromatic carbocycles. The summed E-state index contributed by atoms with van der Waals surface area (Å²) in [6.07, 6.45) is 7.97. The smallest absolute Gasteiger partial charge is 0.259 e. The Balaban J connectivity index is 1.58. The quantitative estimate of drug-likeness (QED) is 0.544. The first-order valence-electron chi connectivity index (χ1n) is 9.69. The van der Waals surface area contributed by atoms with Gasteiger partial charge in [-0.2, -0.15) is 5.10 Å². The number of rotatable bonds is 9. The molecule has 0 unspecified atom stereocenters. The number of carbonyl (C=O) groups excluding carboxylic acids is 1. The molecule has 0 aliphatic heterocycles. The summed E-state index contributed by atoms with van der Waals surface area (Å²) in [6.45, 7) is 4.77. The Morgan fingerprint density at radius 2 is 1.93 bits per heavy atom. The highest BCUT2D eigenvalue weighted by Crippen LogP contribution is 2.18. The van der Waals surface area contributed by atoms with Crippen molar-refractivity contribution in [2.45, 2.75) is 39.5 Å². The summed E-state index contributed by atoms with van der Waals surface area (Å²) in [4.78, 5) is 16.9. The van der Waals surface area contributed by atoms with Crippen LogP contribution in [-0.4, -0.2) is 27.3 Å². The van der Waals surface area contributed by atoms with E-state index in [2.05, 4.69) is 22.3 Å². The van der Waals surface area contributed by atoms with Gasteiger partial charge in [-0.15, -0.1) is 0 Å². The van der Waals surface area contributed by atoms with E-state index in [0.717, 1.165) is 24.5 Å². The molecule has 0 saturated carbocycles. The summed E-state index contributed by atoms with van der Waals surface area (Å²) in [5.74, 6) is 1.29. The largest absolute Gasteiger partial charge is 0.494 e. The number of amides is 1. The first-order chi connectivity index (χ1) is 13.7. The summed E-state index contributed by atoms with van der Waals surface area (Å²) in [6, 6.07) is 13.0. The molecule has 1 N–H and O–H groups in total. The molecule has 0 saturated heterocycles.